The van der Waals surface area contributed by atoms with Crippen LogP contribution in [0.15, 0.2) is 66.7 Å². The van der Waals surface area contributed by atoms with Crippen molar-refractivity contribution in [3.05, 3.63) is 82.4 Å². The van der Waals surface area contributed by atoms with Crippen LogP contribution in [0.5, 0.6) is 0 Å². The van der Waals surface area contributed by atoms with Gasteiger partial charge in [-0.3, -0.25) is 15.0 Å². The van der Waals surface area contributed by atoms with E-state index in [9.17, 15) is 14.9 Å². The molecule has 2 heterocycles. The van der Waals surface area contributed by atoms with Crippen LogP contribution in [-0.4, -0.2) is 45.6 Å². The molecule has 0 aliphatic carbocycles. The van der Waals surface area contributed by atoms with Gasteiger partial charge in [-0.1, -0.05) is 42.5 Å². The molecule has 1 aliphatic heterocycles. The lowest BCUT2D eigenvalue weighted by atomic mass is 10.0. The third-order valence-corrected chi connectivity index (χ3v) is 6.07. The minimum Gasteiger partial charge on any atom is -0.444 e. The molecule has 194 valence electrons. The van der Waals surface area contributed by atoms with Crippen LogP contribution in [0.25, 0.3) is 11.3 Å². The van der Waals surface area contributed by atoms with Crippen molar-refractivity contribution in [2.75, 3.05) is 18.4 Å². The van der Waals surface area contributed by atoms with Gasteiger partial charge in [-0.25, -0.2) is 9.78 Å². The van der Waals surface area contributed by atoms with E-state index in [4.69, 9.17) is 4.74 Å². The maximum Gasteiger partial charge on any atom is 0.407 e. The predicted octanol–water partition coefficient (Wildman–Crippen LogP) is 5.89. The van der Waals surface area contributed by atoms with Gasteiger partial charge in [0.15, 0.2) is 0 Å². The molecular formula is C28H33N5O4. The second-order valence-corrected chi connectivity index (χ2v) is 10.2. The first kappa shape index (κ1) is 26.1. The monoisotopic (exact) mass is 503 g/mol. The maximum absolute atomic E-state index is 12.0. The fraction of sp³-hybridized carbons (Fsp3) is 0.357. The number of carbonyl (C=O) groups excluding carboxylic acids is 1. The van der Waals surface area contributed by atoms with Crippen LogP contribution in [0.1, 0.15) is 39.2 Å². The van der Waals surface area contributed by atoms with E-state index in [-0.39, 0.29) is 23.6 Å². The van der Waals surface area contributed by atoms with E-state index in [1.54, 1.807) is 6.07 Å². The van der Waals surface area contributed by atoms with E-state index in [0.717, 1.165) is 49.3 Å². The first-order valence-corrected chi connectivity index (χ1v) is 12.4. The number of amides is 1. The summed E-state index contributed by atoms with van der Waals surface area (Å²) in [4.78, 5) is 30.0. The van der Waals surface area contributed by atoms with Gasteiger partial charge in [0.1, 0.15) is 5.60 Å². The summed E-state index contributed by atoms with van der Waals surface area (Å²) >= 11 is 0. The second-order valence-electron chi connectivity index (χ2n) is 10.2. The number of rotatable bonds is 7. The molecule has 0 radical (unpaired) electrons. The van der Waals surface area contributed by atoms with Crippen LogP contribution in [0.3, 0.4) is 0 Å². The summed E-state index contributed by atoms with van der Waals surface area (Å²) in [6, 6.07) is 20.7. The number of likely N-dealkylation sites (tertiary alicyclic amines) is 1. The minimum atomic E-state index is -0.502. The molecule has 9 nitrogen and oxygen atoms in total. The van der Waals surface area contributed by atoms with E-state index >= 15 is 0 Å². The number of aromatic nitrogens is 1. The summed E-state index contributed by atoms with van der Waals surface area (Å²) in [5, 5.41) is 17.7. The van der Waals surface area contributed by atoms with Crippen molar-refractivity contribution in [3.8, 4) is 11.3 Å². The molecule has 1 aliphatic rings. The van der Waals surface area contributed by atoms with Crippen molar-refractivity contribution < 1.29 is 14.5 Å². The maximum atomic E-state index is 12.0. The summed E-state index contributed by atoms with van der Waals surface area (Å²) in [6.07, 6.45) is 1.37. The Balaban J connectivity index is 1.34. The smallest absolute Gasteiger partial charge is 0.407 e. The SMILES string of the molecule is CC(C)(C)OC(=O)NC1CCN(Cc2ccc(Nc3nc(-c4ccccc4)ccc3[N+](=O)[O-])cc2)CC1. The molecule has 1 fully saturated rings. The number of nitro groups is 1. The molecule has 4 rings (SSSR count). The molecule has 2 aromatic carbocycles. The van der Waals surface area contributed by atoms with Crippen molar-refractivity contribution in [3.63, 3.8) is 0 Å². The van der Waals surface area contributed by atoms with Crippen LogP contribution >= 0.6 is 0 Å². The molecule has 0 unspecified atom stereocenters. The zero-order chi connectivity index (χ0) is 26.4. The minimum absolute atomic E-state index is 0.0772. The first-order valence-electron chi connectivity index (χ1n) is 12.4. The standard InChI is InChI=1S/C28H33N5O4/c1-28(2,3)37-27(34)30-23-15-17-32(18-16-23)19-20-9-11-22(12-10-20)29-26-25(33(35)36)14-13-24(31-26)21-7-5-4-6-8-21/h4-14,23H,15-19H2,1-3H3,(H,29,31)(H,30,34). The Morgan fingerprint density at radius 1 is 1.05 bits per heavy atom. The Labute approximate surface area is 217 Å². The average Bonchev–Trinajstić information content (AvgIpc) is 2.85. The van der Waals surface area contributed by atoms with Gasteiger partial charge in [-0.2, -0.15) is 0 Å². The lowest BCUT2D eigenvalue weighted by Gasteiger charge is -2.32. The van der Waals surface area contributed by atoms with E-state index in [0.29, 0.717) is 5.69 Å². The number of anilines is 2. The fourth-order valence-electron chi connectivity index (χ4n) is 4.26. The van der Waals surface area contributed by atoms with Gasteiger partial charge >= 0.3 is 11.8 Å². The predicted molar refractivity (Wildman–Crippen MR) is 144 cm³/mol. The van der Waals surface area contributed by atoms with Crippen molar-refractivity contribution >= 4 is 23.3 Å². The molecule has 3 aromatic rings. The third kappa shape index (κ3) is 7.50. The van der Waals surface area contributed by atoms with Crippen LogP contribution in [0.2, 0.25) is 0 Å². The zero-order valence-electron chi connectivity index (χ0n) is 21.4. The number of alkyl carbamates (subject to hydrolysis) is 1. The number of hydrogen-bond donors (Lipinski definition) is 2. The topological polar surface area (TPSA) is 110 Å². The van der Waals surface area contributed by atoms with E-state index < -0.39 is 10.5 Å². The Morgan fingerprint density at radius 3 is 2.35 bits per heavy atom. The Kier molecular flexibility index (Phi) is 8.03. The Morgan fingerprint density at radius 2 is 1.73 bits per heavy atom. The number of nitrogens with zero attached hydrogens (tertiary/aromatic N) is 3. The normalized spacial score (nSPS) is 14.7. The highest BCUT2D eigenvalue weighted by atomic mass is 16.6. The highest BCUT2D eigenvalue weighted by molar-refractivity contribution is 5.71. The molecule has 1 aromatic heterocycles. The number of pyridine rings is 1. The van der Waals surface area contributed by atoms with Crippen molar-refractivity contribution in [2.45, 2.75) is 51.8 Å². The van der Waals surface area contributed by atoms with Crippen molar-refractivity contribution in [1.82, 2.24) is 15.2 Å². The number of nitrogens with one attached hydrogen (secondary N) is 2. The molecule has 0 spiro atoms. The fourth-order valence-corrected chi connectivity index (χ4v) is 4.26. The van der Waals surface area contributed by atoms with Crippen LogP contribution in [-0.2, 0) is 11.3 Å². The Bertz CT molecular complexity index is 1220. The van der Waals surface area contributed by atoms with E-state index in [1.807, 2.05) is 75.4 Å². The third-order valence-electron chi connectivity index (χ3n) is 6.07. The van der Waals surface area contributed by atoms with E-state index in [1.165, 1.54) is 6.07 Å². The zero-order valence-corrected chi connectivity index (χ0v) is 21.4. The summed E-state index contributed by atoms with van der Waals surface area (Å²) < 4.78 is 5.35. The lowest BCUT2D eigenvalue weighted by molar-refractivity contribution is -0.384. The molecule has 9 heteroatoms. The molecule has 1 saturated heterocycles. The van der Waals surface area contributed by atoms with E-state index in [2.05, 4.69) is 20.5 Å². The summed E-state index contributed by atoms with van der Waals surface area (Å²) in [5.74, 6) is 0.207. The molecule has 37 heavy (non-hydrogen) atoms. The van der Waals surface area contributed by atoms with Crippen LogP contribution in [0, 0.1) is 10.1 Å². The summed E-state index contributed by atoms with van der Waals surface area (Å²) in [7, 11) is 0. The molecule has 0 bridgehead atoms. The first-order chi connectivity index (χ1) is 17.7. The van der Waals surface area contributed by atoms with Crippen molar-refractivity contribution in [2.24, 2.45) is 0 Å². The number of carbonyl (C=O) groups is 1. The number of piperidine rings is 1. The van der Waals surface area contributed by atoms with Gasteiger partial charge in [0.25, 0.3) is 0 Å². The molecule has 0 atom stereocenters. The van der Waals surface area contributed by atoms with Gasteiger partial charge < -0.3 is 15.4 Å². The van der Waals surface area contributed by atoms with Gasteiger partial charge in [-0.15, -0.1) is 0 Å². The van der Waals surface area contributed by atoms with Gasteiger partial charge in [0.2, 0.25) is 5.82 Å². The quantitative estimate of drug-likeness (QED) is 0.306. The van der Waals surface area contributed by atoms with Gasteiger partial charge in [0.05, 0.1) is 10.6 Å². The molecule has 0 saturated carbocycles. The number of benzene rings is 2. The van der Waals surface area contributed by atoms with Crippen LogP contribution < -0.4 is 10.6 Å². The number of hydrogen-bond acceptors (Lipinski definition) is 7. The largest absolute Gasteiger partial charge is 0.444 e. The van der Waals surface area contributed by atoms with Gasteiger partial charge in [-0.05, 0) is 57.4 Å². The molecular weight excluding hydrogens is 470 g/mol. The lowest BCUT2D eigenvalue weighted by Crippen LogP contribution is -2.45. The van der Waals surface area contributed by atoms with Gasteiger partial charge in [0, 0.05) is 43.0 Å². The molecule has 1 amide bonds. The highest BCUT2D eigenvalue weighted by Crippen LogP contribution is 2.29. The van der Waals surface area contributed by atoms with Crippen molar-refractivity contribution in [1.29, 1.82) is 0 Å². The summed E-state index contributed by atoms with van der Waals surface area (Å²) in [6.45, 7) is 8.12. The van der Waals surface area contributed by atoms with Crippen LogP contribution in [0.4, 0.5) is 22.0 Å². The molecule has 2 N–H and O–H groups in total. The highest BCUT2D eigenvalue weighted by Gasteiger charge is 2.24. The summed E-state index contributed by atoms with van der Waals surface area (Å²) in [5.41, 5.74) is 2.84. The average molecular weight is 504 g/mol. The Hall–Kier alpha value is -3.98. The number of ether oxygens (including phenoxy) is 1. The second kappa shape index (κ2) is 11.4.